The molecule has 1 aromatic heterocycles. The Morgan fingerprint density at radius 2 is 2.27 bits per heavy atom. The van der Waals surface area contributed by atoms with Gasteiger partial charge in [-0.2, -0.15) is 0 Å². The number of nitrogens with one attached hydrogen (secondary N) is 1. The average Bonchev–Trinajstić information content (AvgIpc) is 3.49. The van der Waals surface area contributed by atoms with Crippen LogP contribution < -0.4 is 10.1 Å². The van der Waals surface area contributed by atoms with Gasteiger partial charge in [-0.05, 0) is 38.3 Å². The van der Waals surface area contributed by atoms with Gasteiger partial charge in [-0.25, -0.2) is 0 Å². The van der Waals surface area contributed by atoms with Gasteiger partial charge < -0.3 is 19.3 Å². The van der Waals surface area contributed by atoms with Crippen LogP contribution >= 0.6 is 0 Å². The lowest BCUT2D eigenvalue weighted by molar-refractivity contribution is 0.00196. The minimum atomic E-state index is -0.183. The van der Waals surface area contributed by atoms with E-state index in [-0.39, 0.29) is 17.6 Å². The molecule has 2 aromatic rings. The van der Waals surface area contributed by atoms with E-state index in [1.165, 1.54) is 17.4 Å². The second-order valence-corrected chi connectivity index (χ2v) is 8.98. The van der Waals surface area contributed by atoms with Crippen molar-refractivity contribution in [3.05, 3.63) is 47.3 Å². The first-order valence-corrected chi connectivity index (χ1v) is 10.8. The molecule has 4 atom stereocenters. The molecule has 2 bridgehead atoms. The van der Waals surface area contributed by atoms with Crippen LogP contribution in [0.25, 0.3) is 0 Å². The molecule has 0 unspecified atom stereocenters. The molecule has 3 aliphatic heterocycles. The quantitative estimate of drug-likeness (QED) is 0.755. The van der Waals surface area contributed by atoms with Crippen LogP contribution in [0.5, 0.6) is 5.75 Å². The summed E-state index contributed by atoms with van der Waals surface area (Å²) < 4.78 is 17.3. The van der Waals surface area contributed by atoms with Crippen molar-refractivity contribution >= 4 is 5.91 Å². The van der Waals surface area contributed by atoms with Crippen LogP contribution in [0, 0.1) is 25.7 Å². The monoisotopic (exact) mass is 411 g/mol. The molecule has 1 spiro atoms. The molecule has 0 aliphatic carbocycles. The largest absolute Gasteiger partial charge is 0.492 e. The minimum absolute atomic E-state index is 0.0479. The summed E-state index contributed by atoms with van der Waals surface area (Å²) in [7, 11) is 0. The van der Waals surface area contributed by atoms with Crippen LogP contribution in [0.3, 0.4) is 0 Å². The Balaban J connectivity index is 1.16. The number of ether oxygens (including phenoxy) is 2. The summed E-state index contributed by atoms with van der Waals surface area (Å²) in [5, 5.41) is 6.74. The van der Waals surface area contributed by atoms with Crippen molar-refractivity contribution in [1.29, 1.82) is 0 Å². The Hall–Kier alpha value is -2.38. The zero-order valence-electron chi connectivity index (χ0n) is 17.6. The van der Waals surface area contributed by atoms with E-state index in [0.29, 0.717) is 30.7 Å². The van der Waals surface area contributed by atoms with E-state index in [1.807, 2.05) is 0 Å². The molecule has 3 saturated heterocycles. The highest BCUT2D eigenvalue weighted by Gasteiger charge is 2.62. The molecule has 160 valence electrons. The predicted molar refractivity (Wildman–Crippen MR) is 111 cm³/mol. The van der Waals surface area contributed by atoms with Crippen LogP contribution in [-0.2, 0) is 4.74 Å². The molecule has 7 nitrogen and oxygen atoms in total. The zero-order chi connectivity index (χ0) is 20.7. The van der Waals surface area contributed by atoms with Crippen molar-refractivity contribution in [3.8, 4) is 5.75 Å². The number of benzene rings is 1. The molecule has 30 heavy (non-hydrogen) atoms. The van der Waals surface area contributed by atoms with E-state index in [1.54, 1.807) is 6.07 Å². The van der Waals surface area contributed by atoms with Gasteiger partial charge in [0.2, 0.25) is 0 Å². The molecule has 0 radical (unpaired) electrons. The molecule has 0 saturated carbocycles. The number of likely N-dealkylation sites (tertiary alicyclic amines) is 1. The summed E-state index contributed by atoms with van der Waals surface area (Å²) in [5.74, 6) is 1.58. The van der Waals surface area contributed by atoms with Gasteiger partial charge in [-0.1, -0.05) is 22.9 Å². The molecule has 3 fully saturated rings. The fraction of sp³-hybridized carbons (Fsp3) is 0.565. The summed E-state index contributed by atoms with van der Waals surface area (Å²) in [5.41, 5.74) is 2.70. The van der Waals surface area contributed by atoms with E-state index in [9.17, 15) is 4.79 Å². The minimum Gasteiger partial charge on any atom is -0.492 e. The van der Waals surface area contributed by atoms with E-state index in [2.05, 4.69) is 47.4 Å². The Morgan fingerprint density at radius 3 is 3.07 bits per heavy atom. The van der Waals surface area contributed by atoms with Gasteiger partial charge in [-0.3, -0.25) is 9.69 Å². The first-order chi connectivity index (χ1) is 14.5. The highest BCUT2D eigenvalue weighted by molar-refractivity contribution is 5.91. The lowest BCUT2D eigenvalue weighted by atomic mass is 9.73. The summed E-state index contributed by atoms with van der Waals surface area (Å²) in [6, 6.07) is 7.88. The van der Waals surface area contributed by atoms with Crippen LogP contribution in [0.1, 0.15) is 34.5 Å². The highest BCUT2D eigenvalue weighted by Crippen LogP contribution is 2.54. The normalized spacial score (nSPS) is 29.9. The van der Waals surface area contributed by atoms with Crippen LogP contribution in [-0.4, -0.2) is 60.5 Å². The summed E-state index contributed by atoms with van der Waals surface area (Å²) in [6.07, 6.45) is 3.86. The van der Waals surface area contributed by atoms with Crippen LogP contribution in [0.15, 0.2) is 35.1 Å². The number of carbonyl (C=O) groups is 1. The fourth-order valence-electron chi connectivity index (χ4n) is 5.61. The molecule has 7 heteroatoms. The maximum absolute atomic E-state index is 12.2. The summed E-state index contributed by atoms with van der Waals surface area (Å²) in [6.45, 7) is 8.32. The number of hydrogen-bond donors (Lipinski definition) is 1. The first kappa shape index (κ1) is 19.6. The molecule has 5 rings (SSSR count). The molecule has 4 heterocycles. The van der Waals surface area contributed by atoms with Crippen molar-refractivity contribution in [2.24, 2.45) is 11.8 Å². The predicted octanol–water partition coefficient (Wildman–Crippen LogP) is 2.58. The molecular formula is C23H29N3O4. The number of rotatable bonds is 7. The number of aromatic nitrogens is 1. The van der Waals surface area contributed by atoms with Crippen molar-refractivity contribution in [2.45, 2.75) is 38.4 Å². The van der Waals surface area contributed by atoms with Gasteiger partial charge in [0.15, 0.2) is 5.69 Å². The lowest BCUT2D eigenvalue weighted by Crippen LogP contribution is -2.42. The molecule has 3 aliphatic rings. The van der Waals surface area contributed by atoms with Crippen molar-refractivity contribution in [2.75, 3.05) is 32.8 Å². The number of fused-ring (bicyclic) bond motifs is 1. The van der Waals surface area contributed by atoms with Crippen LogP contribution in [0.4, 0.5) is 0 Å². The fourth-order valence-corrected chi connectivity index (χ4v) is 5.61. The van der Waals surface area contributed by atoms with Crippen LogP contribution in [0.2, 0.25) is 0 Å². The average molecular weight is 412 g/mol. The van der Waals surface area contributed by atoms with E-state index >= 15 is 0 Å². The maximum atomic E-state index is 12.2. The Bertz CT molecular complexity index is 915. The third-order valence-corrected chi connectivity index (χ3v) is 7.02. The zero-order valence-corrected chi connectivity index (χ0v) is 17.6. The smallest absolute Gasteiger partial charge is 0.273 e. The number of aryl methyl sites for hydroxylation is 2. The van der Waals surface area contributed by atoms with E-state index < -0.39 is 0 Å². The van der Waals surface area contributed by atoms with Gasteiger partial charge in [0.25, 0.3) is 5.91 Å². The summed E-state index contributed by atoms with van der Waals surface area (Å²) in [4.78, 5) is 14.7. The van der Waals surface area contributed by atoms with Crippen molar-refractivity contribution in [1.82, 2.24) is 15.4 Å². The van der Waals surface area contributed by atoms with Crippen molar-refractivity contribution in [3.63, 3.8) is 0 Å². The second kappa shape index (κ2) is 7.71. The highest BCUT2D eigenvalue weighted by atomic mass is 16.5. The Morgan fingerprint density at radius 1 is 1.37 bits per heavy atom. The lowest BCUT2D eigenvalue weighted by Gasteiger charge is -2.29. The number of amides is 1. The van der Waals surface area contributed by atoms with E-state index in [0.717, 1.165) is 38.2 Å². The van der Waals surface area contributed by atoms with Gasteiger partial charge in [0.05, 0.1) is 11.7 Å². The number of carbonyl (C=O) groups excluding carboxylic acids is 1. The van der Waals surface area contributed by atoms with E-state index in [4.69, 9.17) is 14.0 Å². The molecule has 1 aromatic carbocycles. The second-order valence-electron chi connectivity index (χ2n) is 8.98. The maximum Gasteiger partial charge on any atom is 0.273 e. The molecular weight excluding hydrogens is 382 g/mol. The summed E-state index contributed by atoms with van der Waals surface area (Å²) >= 11 is 0. The molecule has 1 N–H and O–H groups in total. The van der Waals surface area contributed by atoms with Gasteiger partial charge in [-0.15, -0.1) is 0 Å². The van der Waals surface area contributed by atoms with Crippen molar-refractivity contribution < 1.29 is 18.8 Å². The van der Waals surface area contributed by atoms with Gasteiger partial charge in [0, 0.05) is 44.1 Å². The number of hydrogen-bond acceptors (Lipinski definition) is 6. The number of nitrogens with zero attached hydrogens (tertiary/aromatic N) is 2. The van der Waals surface area contributed by atoms with Gasteiger partial charge in [0.1, 0.15) is 18.6 Å². The van der Waals surface area contributed by atoms with Gasteiger partial charge >= 0.3 is 0 Å². The first-order valence-electron chi connectivity index (χ1n) is 10.8. The Labute approximate surface area is 176 Å². The molecule has 1 amide bonds. The third kappa shape index (κ3) is 3.50. The standard InChI is InChI=1S/C23H29N3O4/c1-15-3-4-20(16(2)11-15)28-10-8-26-13-18-17(21-5-7-23(18,14-26)30-21)12-24-22(27)19-6-9-29-25-19/h3-4,6,9,11,17-18,21H,5,7-8,10,12-14H2,1-2H3,(H,24,27)/t17-,18+,21+,23+/m0/s1. The SMILES string of the molecule is Cc1ccc(OCCN2C[C@@H]3[C@H](CNC(=O)c4ccon4)[C@H]4CC[C@]3(C2)O4)c(C)c1. The third-order valence-electron chi connectivity index (χ3n) is 7.02. The topological polar surface area (TPSA) is 76.8 Å². The Kier molecular flexibility index (Phi) is 5.03.